The van der Waals surface area contributed by atoms with Gasteiger partial charge in [-0.2, -0.15) is 0 Å². The van der Waals surface area contributed by atoms with Crippen molar-refractivity contribution < 1.29 is 14.6 Å². The van der Waals surface area contributed by atoms with Crippen LogP contribution in [0.5, 0.6) is 0 Å². The molecule has 1 aromatic carbocycles. The molecule has 0 radical (unpaired) electrons. The van der Waals surface area contributed by atoms with Crippen LogP contribution >= 0.6 is 0 Å². The minimum atomic E-state index is -0.254. The summed E-state index contributed by atoms with van der Waals surface area (Å²) in [5.41, 5.74) is 2.06. The van der Waals surface area contributed by atoms with Crippen molar-refractivity contribution in [3.63, 3.8) is 0 Å². The molecule has 4 heteroatoms. The minimum absolute atomic E-state index is 0.0716. The molecular formula is C13H21NO3. The Morgan fingerprint density at radius 2 is 1.88 bits per heavy atom. The smallest absolute Gasteiger partial charge is 0.171 e. The molecule has 0 saturated carbocycles. The van der Waals surface area contributed by atoms with Gasteiger partial charge in [0.15, 0.2) is 6.29 Å². The highest BCUT2D eigenvalue weighted by atomic mass is 16.7. The first-order chi connectivity index (χ1) is 8.21. The number of aliphatic hydroxyl groups is 1. The Labute approximate surface area is 103 Å². The molecule has 1 atom stereocenters. The van der Waals surface area contributed by atoms with E-state index in [2.05, 4.69) is 5.32 Å². The molecular weight excluding hydrogens is 218 g/mol. The van der Waals surface area contributed by atoms with Gasteiger partial charge in [-0.1, -0.05) is 24.3 Å². The molecule has 1 unspecified atom stereocenters. The molecule has 1 aromatic rings. The van der Waals surface area contributed by atoms with Gasteiger partial charge in [-0.25, -0.2) is 0 Å². The molecule has 0 aliphatic heterocycles. The van der Waals surface area contributed by atoms with E-state index in [4.69, 9.17) is 14.6 Å². The fourth-order valence-electron chi connectivity index (χ4n) is 1.72. The van der Waals surface area contributed by atoms with Crippen molar-refractivity contribution in [2.45, 2.75) is 32.4 Å². The first kappa shape index (κ1) is 14.1. The van der Waals surface area contributed by atoms with Crippen molar-refractivity contribution in [1.29, 1.82) is 0 Å². The average Bonchev–Trinajstić information content (AvgIpc) is 2.38. The minimum Gasteiger partial charge on any atom is -0.392 e. The predicted octanol–water partition coefficient (Wildman–Crippen LogP) is 1.28. The molecule has 0 saturated heterocycles. The second-order valence-corrected chi connectivity index (χ2v) is 3.99. The number of hydrogen-bond donors (Lipinski definition) is 2. The molecule has 0 amide bonds. The quantitative estimate of drug-likeness (QED) is 0.704. The summed E-state index contributed by atoms with van der Waals surface area (Å²) in [4.78, 5) is 0. The van der Waals surface area contributed by atoms with Crippen LogP contribution < -0.4 is 5.32 Å². The van der Waals surface area contributed by atoms with Gasteiger partial charge in [-0.15, -0.1) is 0 Å². The highest BCUT2D eigenvalue weighted by molar-refractivity contribution is 5.22. The van der Waals surface area contributed by atoms with E-state index in [9.17, 15) is 0 Å². The third-order valence-electron chi connectivity index (χ3n) is 2.67. The van der Waals surface area contributed by atoms with Crippen LogP contribution in [0.1, 0.15) is 18.1 Å². The monoisotopic (exact) mass is 239 g/mol. The van der Waals surface area contributed by atoms with E-state index in [1.165, 1.54) is 0 Å². The van der Waals surface area contributed by atoms with Crippen molar-refractivity contribution in [3.05, 3.63) is 35.4 Å². The molecule has 0 aliphatic carbocycles. The van der Waals surface area contributed by atoms with Crippen molar-refractivity contribution in [2.75, 3.05) is 14.2 Å². The van der Waals surface area contributed by atoms with E-state index in [1.807, 2.05) is 31.2 Å². The van der Waals surface area contributed by atoms with Gasteiger partial charge in [-0.3, -0.25) is 0 Å². The number of ether oxygens (including phenoxy) is 2. The van der Waals surface area contributed by atoms with Gasteiger partial charge in [0, 0.05) is 20.8 Å². The van der Waals surface area contributed by atoms with E-state index < -0.39 is 0 Å². The second kappa shape index (κ2) is 7.40. The number of nitrogens with one attached hydrogen (secondary N) is 1. The fourth-order valence-corrected chi connectivity index (χ4v) is 1.72. The van der Waals surface area contributed by atoms with Gasteiger partial charge in [-0.05, 0) is 18.1 Å². The molecule has 0 aliphatic rings. The Morgan fingerprint density at radius 3 is 2.47 bits per heavy atom. The van der Waals surface area contributed by atoms with Crippen molar-refractivity contribution in [3.8, 4) is 0 Å². The zero-order chi connectivity index (χ0) is 12.7. The Morgan fingerprint density at radius 1 is 1.24 bits per heavy atom. The van der Waals surface area contributed by atoms with Crippen LogP contribution in [0, 0.1) is 0 Å². The summed E-state index contributed by atoms with van der Waals surface area (Å²) >= 11 is 0. The largest absolute Gasteiger partial charge is 0.392 e. The fraction of sp³-hybridized carbons (Fsp3) is 0.538. The number of methoxy groups -OCH3 is 2. The molecule has 0 heterocycles. The van der Waals surface area contributed by atoms with E-state index in [0.29, 0.717) is 0 Å². The zero-order valence-electron chi connectivity index (χ0n) is 10.6. The lowest BCUT2D eigenvalue weighted by Gasteiger charge is -2.22. The summed E-state index contributed by atoms with van der Waals surface area (Å²) in [5.74, 6) is 0. The van der Waals surface area contributed by atoms with Crippen LogP contribution in [0.4, 0.5) is 0 Å². The summed E-state index contributed by atoms with van der Waals surface area (Å²) in [6, 6.07) is 7.95. The molecule has 0 spiro atoms. The van der Waals surface area contributed by atoms with Crippen LogP contribution in [0.25, 0.3) is 0 Å². The maximum absolute atomic E-state index is 9.04. The Balaban J connectivity index is 2.49. The third kappa shape index (κ3) is 4.44. The standard InChI is InChI=1S/C13H21NO3/c1-10(13(16-2)17-3)14-8-11-5-4-6-12(7-11)9-15/h4-7,10,13-15H,8-9H2,1-3H3. The second-order valence-electron chi connectivity index (χ2n) is 3.99. The van der Waals surface area contributed by atoms with Gasteiger partial charge in [0.1, 0.15) is 0 Å². The van der Waals surface area contributed by atoms with Crippen molar-refractivity contribution in [2.24, 2.45) is 0 Å². The summed E-state index contributed by atoms with van der Waals surface area (Å²) in [5, 5.41) is 12.4. The molecule has 17 heavy (non-hydrogen) atoms. The molecule has 1 rings (SSSR count). The van der Waals surface area contributed by atoms with Crippen LogP contribution in [0.3, 0.4) is 0 Å². The topological polar surface area (TPSA) is 50.7 Å². The van der Waals surface area contributed by atoms with Crippen LogP contribution in [-0.4, -0.2) is 31.7 Å². The van der Waals surface area contributed by atoms with Gasteiger partial charge in [0.05, 0.1) is 12.6 Å². The van der Waals surface area contributed by atoms with Crippen LogP contribution in [-0.2, 0) is 22.6 Å². The third-order valence-corrected chi connectivity index (χ3v) is 2.67. The number of aliphatic hydroxyl groups excluding tert-OH is 1. The van der Waals surface area contributed by atoms with E-state index in [-0.39, 0.29) is 18.9 Å². The number of rotatable bonds is 7. The Hall–Kier alpha value is -0.940. The normalized spacial score (nSPS) is 13.0. The lowest BCUT2D eigenvalue weighted by Crippen LogP contribution is -2.39. The number of hydrogen-bond acceptors (Lipinski definition) is 4. The van der Waals surface area contributed by atoms with Crippen LogP contribution in [0.15, 0.2) is 24.3 Å². The SMILES string of the molecule is COC(OC)C(C)NCc1cccc(CO)c1. The van der Waals surface area contributed by atoms with Crippen molar-refractivity contribution in [1.82, 2.24) is 5.32 Å². The van der Waals surface area contributed by atoms with Crippen LogP contribution in [0.2, 0.25) is 0 Å². The first-order valence-corrected chi connectivity index (χ1v) is 5.69. The van der Waals surface area contributed by atoms with E-state index >= 15 is 0 Å². The van der Waals surface area contributed by atoms with Gasteiger partial charge in [0.2, 0.25) is 0 Å². The summed E-state index contributed by atoms with van der Waals surface area (Å²) in [7, 11) is 3.25. The van der Waals surface area contributed by atoms with Gasteiger partial charge >= 0.3 is 0 Å². The maximum atomic E-state index is 9.04. The molecule has 0 aromatic heterocycles. The molecule has 0 bridgehead atoms. The average molecular weight is 239 g/mol. The van der Waals surface area contributed by atoms with E-state index in [0.717, 1.165) is 17.7 Å². The highest BCUT2D eigenvalue weighted by Crippen LogP contribution is 2.06. The zero-order valence-corrected chi connectivity index (χ0v) is 10.6. The Kier molecular flexibility index (Phi) is 6.15. The lowest BCUT2D eigenvalue weighted by atomic mass is 10.1. The van der Waals surface area contributed by atoms with Gasteiger partial charge < -0.3 is 19.9 Å². The molecule has 4 nitrogen and oxygen atoms in total. The summed E-state index contributed by atoms with van der Waals surface area (Å²) < 4.78 is 10.3. The predicted molar refractivity (Wildman–Crippen MR) is 66.5 cm³/mol. The number of benzene rings is 1. The lowest BCUT2D eigenvalue weighted by molar-refractivity contribution is -0.119. The maximum Gasteiger partial charge on any atom is 0.171 e. The first-order valence-electron chi connectivity index (χ1n) is 5.69. The van der Waals surface area contributed by atoms with Crippen molar-refractivity contribution >= 4 is 0 Å². The summed E-state index contributed by atoms with van der Waals surface area (Å²) in [6.45, 7) is 2.80. The molecule has 96 valence electrons. The van der Waals surface area contributed by atoms with Gasteiger partial charge in [0.25, 0.3) is 0 Å². The molecule has 2 N–H and O–H groups in total. The highest BCUT2D eigenvalue weighted by Gasteiger charge is 2.14. The Bertz CT molecular complexity index is 326. The molecule has 0 fully saturated rings. The summed E-state index contributed by atoms with van der Waals surface area (Å²) in [6.07, 6.45) is -0.254. The van der Waals surface area contributed by atoms with E-state index in [1.54, 1.807) is 14.2 Å².